The van der Waals surface area contributed by atoms with Crippen molar-refractivity contribution < 1.29 is 18.0 Å². The van der Waals surface area contributed by atoms with Gasteiger partial charge in [-0.3, -0.25) is 19.1 Å². The summed E-state index contributed by atoms with van der Waals surface area (Å²) in [5, 5.41) is 8.94. The van der Waals surface area contributed by atoms with E-state index in [4.69, 9.17) is 0 Å². The molecule has 4 heterocycles. The van der Waals surface area contributed by atoms with Crippen LogP contribution in [0.25, 0.3) is 22.3 Å². The van der Waals surface area contributed by atoms with Crippen LogP contribution in [0.4, 0.5) is 13.2 Å². The number of benzene rings is 1. The number of hydrogen-bond donors (Lipinski definition) is 0. The van der Waals surface area contributed by atoms with Gasteiger partial charge in [0.1, 0.15) is 0 Å². The molecule has 170 valence electrons. The Bertz CT molecular complexity index is 1400. The standard InChI is InChI=1S/C23H21F3N6O/c1-13-7-8-14-15(5-4-6-17(14)27-13)22(33)32-10-9-16-18(12-32)28-31(3)21(16)19-11-20(23(24,25)26)29-30(19)2/h4-8,11H,9-10,12H2,1-3H3. The van der Waals surface area contributed by atoms with E-state index in [1.54, 1.807) is 22.7 Å². The molecule has 33 heavy (non-hydrogen) atoms. The van der Waals surface area contributed by atoms with Gasteiger partial charge in [0, 0.05) is 42.8 Å². The highest BCUT2D eigenvalue weighted by Gasteiger charge is 2.36. The predicted molar refractivity (Wildman–Crippen MR) is 115 cm³/mol. The Morgan fingerprint density at radius 1 is 1.06 bits per heavy atom. The van der Waals surface area contributed by atoms with Crippen LogP contribution in [0.15, 0.2) is 36.4 Å². The fourth-order valence-electron chi connectivity index (χ4n) is 4.45. The first-order chi connectivity index (χ1) is 15.6. The number of hydrogen-bond acceptors (Lipinski definition) is 4. The van der Waals surface area contributed by atoms with E-state index in [-0.39, 0.29) is 12.5 Å². The zero-order chi connectivity index (χ0) is 23.5. The quantitative estimate of drug-likeness (QED) is 0.461. The molecular formula is C23H21F3N6O. The van der Waals surface area contributed by atoms with Gasteiger partial charge in [0.2, 0.25) is 0 Å². The van der Waals surface area contributed by atoms with Crippen LogP contribution in [0.2, 0.25) is 0 Å². The molecule has 0 aliphatic carbocycles. The van der Waals surface area contributed by atoms with Gasteiger partial charge in [-0.15, -0.1) is 0 Å². The second-order valence-corrected chi connectivity index (χ2v) is 8.24. The van der Waals surface area contributed by atoms with Gasteiger partial charge in [0.25, 0.3) is 5.91 Å². The highest BCUT2D eigenvalue weighted by atomic mass is 19.4. The molecule has 0 atom stereocenters. The summed E-state index contributed by atoms with van der Waals surface area (Å²) in [7, 11) is 3.18. The number of aromatic nitrogens is 5. The second kappa shape index (κ2) is 7.43. The number of alkyl halides is 3. The normalized spacial score (nSPS) is 14.1. The fraction of sp³-hybridized carbons (Fsp3) is 0.304. The molecule has 1 aromatic carbocycles. The summed E-state index contributed by atoms with van der Waals surface area (Å²) >= 11 is 0. The van der Waals surface area contributed by atoms with Gasteiger partial charge in [0.15, 0.2) is 5.69 Å². The molecule has 3 aromatic heterocycles. The molecule has 0 N–H and O–H groups in total. The van der Waals surface area contributed by atoms with E-state index in [9.17, 15) is 18.0 Å². The van der Waals surface area contributed by atoms with E-state index in [0.717, 1.165) is 28.2 Å². The smallest absolute Gasteiger partial charge is 0.332 e. The Morgan fingerprint density at radius 3 is 2.58 bits per heavy atom. The molecule has 0 saturated carbocycles. The van der Waals surface area contributed by atoms with Crippen LogP contribution in [0.1, 0.15) is 33.0 Å². The Balaban J connectivity index is 1.48. The Hall–Kier alpha value is -3.69. The lowest BCUT2D eigenvalue weighted by Gasteiger charge is -2.27. The van der Waals surface area contributed by atoms with Gasteiger partial charge >= 0.3 is 6.18 Å². The number of halogens is 3. The number of amides is 1. The molecule has 0 unspecified atom stereocenters. The lowest BCUT2D eigenvalue weighted by atomic mass is 10.0. The Labute approximate surface area is 187 Å². The van der Waals surface area contributed by atoms with Crippen molar-refractivity contribution in [3.8, 4) is 11.4 Å². The van der Waals surface area contributed by atoms with Crippen molar-refractivity contribution in [3.63, 3.8) is 0 Å². The third-order valence-corrected chi connectivity index (χ3v) is 6.00. The van der Waals surface area contributed by atoms with E-state index in [0.29, 0.717) is 35.6 Å². The van der Waals surface area contributed by atoms with Crippen LogP contribution in [-0.2, 0) is 33.2 Å². The Morgan fingerprint density at radius 2 is 1.85 bits per heavy atom. The minimum Gasteiger partial charge on any atom is -0.332 e. The average Bonchev–Trinajstić information content (AvgIpc) is 3.30. The molecule has 10 heteroatoms. The van der Waals surface area contributed by atoms with Gasteiger partial charge in [0.05, 0.1) is 29.1 Å². The zero-order valence-corrected chi connectivity index (χ0v) is 18.3. The lowest BCUT2D eigenvalue weighted by molar-refractivity contribution is -0.141. The number of pyridine rings is 1. The summed E-state index contributed by atoms with van der Waals surface area (Å²) in [4.78, 5) is 19.6. The van der Waals surface area contributed by atoms with Crippen LogP contribution in [0.3, 0.4) is 0 Å². The summed E-state index contributed by atoms with van der Waals surface area (Å²) in [6, 6.07) is 10.3. The third kappa shape index (κ3) is 3.55. The third-order valence-electron chi connectivity index (χ3n) is 6.00. The fourth-order valence-corrected chi connectivity index (χ4v) is 4.45. The van der Waals surface area contributed by atoms with E-state index in [2.05, 4.69) is 15.2 Å². The second-order valence-electron chi connectivity index (χ2n) is 8.24. The summed E-state index contributed by atoms with van der Waals surface area (Å²) in [6.45, 7) is 2.62. The highest BCUT2D eigenvalue weighted by Crippen LogP contribution is 2.35. The first-order valence-electron chi connectivity index (χ1n) is 10.5. The van der Waals surface area contributed by atoms with Gasteiger partial charge < -0.3 is 4.90 Å². The highest BCUT2D eigenvalue weighted by molar-refractivity contribution is 6.06. The number of fused-ring (bicyclic) bond motifs is 2. The minimum absolute atomic E-state index is 0.121. The van der Waals surface area contributed by atoms with Crippen molar-refractivity contribution in [2.75, 3.05) is 6.54 Å². The molecule has 7 nitrogen and oxygen atoms in total. The molecule has 0 spiro atoms. The molecule has 1 amide bonds. The number of aryl methyl sites for hydroxylation is 3. The molecule has 1 aliphatic heterocycles. The molecule has 5 rings (SSSR count). The lowest BCUT2D eigenvalue weighted by Crippen LogP contribution is -2.36. The van der Waals surface area contributed by atoms with Crippen molar-refractivity contribution in [2.24, 2.45) is 14.1 Å². The van der Waals surface area contributed by atoms with Crippen LogP contribution in [0, 0.1) is 6.92 Å². The summed E-state index contributed by atoms with van der Waals surface area (Å²) in [5.74, 6) is -0.121. The van der Waals surface area contributed by atoms with Gasteiger partial charge in [-0.25, -0.2) is 0 Å². The average molecular weight is 454 g/mol. The number of carbonyl (C=O) groups is 1. The summed E-state index contributed by atoms with van der Waals surface area (Å²) in [5.41, 5.74) is 3.71. The largest absolute Gasteiger partial charge is 0.435 e. The van der Waals surface area contributed by atoms with Crippen LogP contribution < -0.4 is 0 Å². The van der Waals surface area contributed by atoms with Crippen LogP contribution in [-0.4, -0.2) is 41.9 Å². The van der Waals surface area contributed by atoms with Crippen molar-refractivity contribution in [1.82, 2.24) is 29.4 Å². The van der Waals surface area contributed by atoms with E-state index < -0.39 is 11.9 Å². The maximum absolute atomic E-state index is 13.4. The first kappa shape index (κ1) is 21.2. The number of nitrogens with zero attached hydrogens (tertiary/aromatic N) is 6. The Kier molecular flexibility index (Phi) is 4.77. The molecular weight excluding hydrogens is 433 g/mol. The molecule has 0 fully saturated rings. The minimum atomic E-state index is -4.52. The van der Waals surface area contributed by atoms with Crippen molar-refractivity contribution >= 4 is 16.8 Å². The van der Waals surface area contributed by atoms with Crippen LogP contribution >= 0.6 is 0 Å². The summed E-state index contributed by atoms with van der Waals surface area (Å²) < 4.78 is 42.2. The van der Waals surface area contributed by atoms with Crippen molar-refractivity contribution in [2.45, 2.75) is 26.1 Å². The summed E-state index contributed by atoms with van der Waals surface area (Å²) in [6.07, 6.45) is -4.04. The molecule has 4 aromatic rings. The van der Waals surface area contributed by atoms with Crippen LogP contribution in [0.5, 0.6) is 0 Å². The SMILES string of the molecule is Cc1ccc2c(C(=O)N3CCc4c(nn(C)c4-c4cc(C(F)(F)F)nn4C)C3)cccc2n1. The van der Waals surface area contributed by atoms with Crippen molar-refractivity contribution in [1.29, 1.82) is 0 Å². The maximum Gasteiger partial charge on any atom is 0.435 e. The van der Waals surface area contributed by atoms with Crippen molar-refractivity contribution in [3.05, 3.63) is 64.6 Å². The van der Waals surface area contributed by atoms with E-state index in [1.807, 2.05) is 31.2 Å². The molecule has 0 bridgehead atoms. The monoisotopic (exact) mass is 454 g/mol. The topological polar surface area (TPSA) is 68.8 Å². The molecule has 0 radical (unpaired) electrons. The van der Waals surface area contributed by atoms with Gasteiger partial charge in [-0.05, 0) is 37.6 Å². The van der Waals surface area contributed by atoms with E-state index >= 15 is 0 Å². The van der Waals surface area contributed by atoms with E-state index in [1.165, 1.54) is 11.7 Å². The maximum atomic E-state index is 13.4. The molecule has 1 aliphatic rings. The van der Waals surface area contributed by atoms with Gasteiger partial charge in [-0.1, -0.05) is 12.1 Å². The first-order valence-corrected chi connectivity index (χ1v) is 10.5. The number of rotatable bonds is 2. The predicted octanol–water partition coefficient (Wildman–Crippen LogP) is 3.89. The number of carbonyl (C=O) groups excluding carboxylic acids is 1. The zero-order valence-electron chi connectivity index (χ0n) is 18.3. The molecule has 0 saturated heterocycles. The van der Waals surface area contributed by atoms with Gasteiger partial charge in [-0.2, -0.15) is 23.4 Å².